The van der Waals surface area contributed by atoms with Gasteiger partial charge < -0.3 is 10.6 Å². The number of rotatable bonds is 3. The summed E-state index contributed by atoms with van der Waals surface area (Å²) in [4.78, 5) is 12.1. The molecular weight excluding hydrogens is 328 g/mol. The van der Waals surface area contributed by atoms with E-state index in [-0.39, 0.29) is 23.9 Å². The minimum absolute atomic E-state index is 0. The fourth-order valence-corrected chi connectivity index (χ4v) is 2.76. The van der Waals surface area contributed by atoms with E-state index in [1.807, 2.05) is 24.3 Å². The van der Waals surface area contributed by atoms with Crippen LogP contribution in [0.4, 0.5) is 0 Å². The van der Waals surface area contributed by atoms with E-state index < -0.39 is 0 Å². The fourth-order valence-electron chi connectivity index (χ4n) is 2.32. The zero-order valence-corrected chi connectivity index (χ0v) is 13.4. The van der Waals surface area contributed by atoms with E-state index in [1.165, 1.54) is 0 Å². The second-order valence-electron chi connectivity index (χ2n) is 5.17. The highest BCUT2D eigenvalue weighted by molar-refractivity contribution is 9.10. The summed E-state index contributed by atoms with van der Waals surface area (Å²) in [6.07, 6.45) is 2.44. The lowest BCUT2D eigenvalue weighted by atomic mass is 9.90. The number of carbonyl (C=O) groups is 1. The van der Waals surface area contributed by atoms with E-state index >= 15 is 0 Å². The standard InChI is InChI=1S/C14H19BrN2O.ClH/c1-14(5-7-16-8-6-14)17-13(18)10-11-3-2-4-12(15)9-11;/h2-4,9,16H,5-8,10H2,1H3,(H,17,18);1H. The van der Waals surface area contributed by atoms with Crippen LogP contribution in [0.25, 0.3) is 0 Å². The highest BCUT2D eigenvalue weighted by atomic mass is 79.9. The maximum Gasteiger partial charge on any atom is 0.224 e. The van der Waals surface area contributed by atoms with Gasteiger partial charge in [-0.1, -0.05) is 28.1 Å². The molecule has 1 aromatic carbocycles. The third-order valence-corrected chi connectivity index (χ3v) is 3.90. The van der Waals surface area contributed by atoms with Crippen molar-refractivity contribution >= 4 is 34.2 Å². The first-order chi connectivity index (χ1) is 8.57. The molecule has 2 rings (SSSR count). The first-order valence-corrected chi connectivity index (χ1v) is 7.13. The number of carbonyl (C=O) groups excluding carboxylic acids is 1. The Kier molecular flexibility index (Phi) is 6.30. The van der Waals surface area contributed by atoms with Crippen molar-refractivity contribution in [2.24, 2.45) is 0 Å². The van der Waals surface area contributed by atoms with Gasteiger partial charge in [-0.3, -0.25) is 4.79 Å². The van der Waals surface area contributed by atoms with Crippen LogP contribution in [0.5, 0.6) is 0 Å². The van der Waals surface area contributed by atoms with Crippen LogP contribution in [0.3, 0.4) is 0 Å². The van der Waals surface area contributed by atoms with Crippen molar-refractivity contribution < 1.29 is 4.79 Å². The lowest BCUT2D eigenvalue weighted by Gasteiger charge is -2.35. The molecule has 0 atom stereocenters. The van der Waals surface area contributed by atoms with Gasteiger partial charge in [-0.15, -0.1) is 12.4 Å². The van der Waals surface area contributed by atoms with E-state index in [4.69, 9.17) is 0 Å². The summed E-state index contributed by atoms with van der Waals surface area (Å²) in [6, 6.07) is 7.90. The SMILES string of the molecule is CC1(NC(=O)Cc2cccc(Br)c2)CCNCC1.Cl. The zero-order chi connectivity index (χ0) is 13.0. The number of hydrogen-bond donors (Lipinski definition) is 2. The van der Waals surface area contributed by atoms with Gasteiger partial charge >= 0.3 is 0 Å². The Morgan fingerprint density at radius 3 is 2.74 bits per heavy atom. The topological polar surface area (TPSA) is 41.1 Å². The number of benzene rings is 1. The van der Waals surface area contributed by atoms with Crippen LogP contribution in [0.2, 0.25) is 0 Å². The van der Waals surface area contributed by atoms with Crippen LogP contribution in [-0.4, -0.2) is 24.5 Å². The molecule has 0 saturated carbocycles. The van der Waals surface area contributed by atoms with Gasteiger partial charge in [0.1, 0.15) is 0 Å². The van der Waals surface area contributed by atoms with Crippen LogP contribution in [0.15, 0.2) is 28.7 Å². The van der Waals surface area contributed by atoms with Crippen LogP contribution < -0.4 is 10.6 Å². The predicted octanol–water partition coefficient (Wildman–Crippen LogP) is 2.67. The van der Waals surface area contributed by atoms with Gasteiger partial charge in [-0.05, 0) is 50.6 Å². The van der Waals surface area contributed by atoms with Gasteiger partial charge in [0.05, 0.1) is 6.42 Å². The number of amides is 1. The summed E-state index contributed by atoms with van der Waals surface area (Å²) in [5, 5.41) is 6.48. The molecule has 1 saturated heterocycles. The van der Waals surface area contributed by atoms with Crippen LogP contribution >= 0.6 is 28.3 Å². The van der Waals surface area contributed by atoms with Crippen molar-refractivity contribution in [3.05, 3.63) is 34.3 Å². The van der Waals surface area contributed by atoms with Crippen molar-refractivity contribution in [2.45, 2.75) is 31.7 Å². The first kappa shape index (κ1) is 16.5. The molecule has 1 aliphatic heterocycles. The summed E-state index contributed by atoms with van der Waals surface area (Å²) < 4.78 is 1.01. The van der Waals surface area contributed by atoms with Crippen molar-refractivity contribution in [3.63, 3.8) is 0 Å². The van der Waals surface area contributed by atoms with Gasteiger partial charge in [-0.2, -0.15) is 0 Å². The zero-order valence-electron chi connectivity index (χ0n) is 11.0. The Labute approximate surface area is 129 Å². The average Bonchev–Trinajstić information content (AvgIpc) is 2.28. The molecule has 1 aromatic rings. The Morgan fingerprint density at radius 2 is 2.11 bits per heavy atom. The molecule has 1 heterocycles. The van der Waals surface area contributed by atoms with Crippen LogP contribution in [0, 0.1) is 0 Å². The van der Waals surface area contributed by atoms with Gasteiger partial charge in [-0.25, -0.2) is 0 Å². The molecule has 0 aliphatic carbocycles. The summed E-state index contributed by atoms with van der Waals surface area (Å²) >= 11 is 3.42. The maximum atomic E-state index is 12.1. The van der Waals surface area contributed by atoms with Crippen molar-refractivity contribution in [1.29, 1.82) is 0 Å². The van der Waals surface area contributed by atoms with E-state index in [2.05, 4.69) is 33.5 Å². The Balaban J connectivity index is 0.00000180. The van der Waals surface area contributed by atoms with Crippen molar-refractivity contribution in [3.8, 4) is 0 Å². The summed E-state index contributed by atoms with van der Waals surface area (Å²) in [7, 11) is 0. The van der Waals surface area contributed by atoms with Gasteiger partial charge in [0.25, 0.3) is 0 Å². The average molecular weight is 348 g/mol. The Morgan fingerprint density at radius 1 is 1.42 bits per heavy atom. The van der Waals surface area contributed by atoms with Gasteiger partial charge in [0, 0.05) is 10.0 Å². The summed E-state index contributed by atoms with van der Waals surface area (Å²) in [6.45, 7) is 4.09. The van der Waals surface area contributed by atoms with E-state index in [0.29, 0.717) is 6.42 Å². The van der Waals surface area contributed by atoms with E-state index in [1.54, 1.807) is 0 Å². The molecule has 0 unspecified atom stereocenters. The minimum Gasteiger partial charge on any atom is -0.351 e. The molecule has 0 radical (unpaired) electrons. The molecule has 3 nitrogen and oxygen atoms in total. The van der Waals surface area contributed by atoms with E-state index in [9.17, 15) is 4.79 Å². The molecule has 106 valence electrons. The largest absolute Gasteiger partial charge is 0.351 e. The molecule has 1 fully saturated rings. The first-order valence-electron chi connectivity index (χ1n) is 6.34. The highest BCUT2D eigenvalue weighted by Gasteiger charge is 2.27. The second-order valence-corrected chi connectivity index (χ2v) is 6.08. The van der Waals surface area contributed by atoms with Gasteiger partial charge in [0.2, 0.25) is 5.91 Å². The molecular formula is C14H20BrClN2O. The van der Waals surface area contributed by atoms with Crippen molar-refractivity contribution in [1.82, 2.24) is 10.6 Å². The smallest absolute Gasteiger partial charge is 0.224 e. The molecule has 1 amide bonds. The minimum atomic E-state index is -0.0473. The number of hydrogen-bond acceptors (Lipinski definition) is 2. The molecule has 5 heteroatoms. The van der Waals surface area contributed by atoms with Crippen molar-refractivity contribution in [2.75, 3.05) is 13.1 Å². The molecule has 2 N–H and O–H groups in total. The molecule has 0 spiro atoms. The summed E-state index contributed by atoms with van der Waals surface area (Å²) in [5.74, 6) is 0.109. The van der Waals surface area contributed by atoms with E-state index in [0.717, 1.165) is 36.0 Å². The molecule has 1 aliphatic rings. The second kappa shape index (κ2) is 7.27. The third-order valence-electron chi connectivity index (χ3n) is 3.40. The van der Waals surface area contributed by atoms with Gasteiger partial charge in [0.15, 0.2) is 0 Å². The number of halogens is 2. The number of piperidine rings is 1. The maximum absolute atomic E-state index is 12.1. The Hall–Kier alpha value is -0.580. The monoisotopic (exact) mass is 346 g/mol. The Bertz CT molecular complexity index is 433. The van der Waals surface area contributed by atoms with Crippen LogP contribution in [0.1, 0.15) is 25.3 Å². The lowest BCUT2D eigenvalue weighted by Crippen LogP contribution is -2.52. The number of nitrogens with one attached hydrogen (secondary N) is 2. The quantitative estimate of drug-likeness (QED) is 0.882. The molecule has 0 aromatic heterocycles. The fraction of sp³-hybridized carbons (Fsp3) is 0.500. The van der Waals surface area contributed by atoms with Crippen LogP contribution in [-0.2, 0) is 11.2 Å². The summed E-state index contributed by atoms with van der Waals surface area (Å²) in [5.41, 5.74) is 0.994. The normalized spacial score (nSPS) is 17.4. The highest BCUT2D eigenvalue weighted by Crippen LogP contribution is 2.18. The molecule has 0 bridgehead atoms. The lowest BCUT2D eigenvalue weighted by molar-refractivity contribution is -0.122. The molecule has 19 heavy (non-hydrogen) atoms. The third kappa shape index (κ3) is 5.13. The predicted molar refractivity (Wildman–Crippen MR) is 83.7 cm³/mol.